The van der Waals surface area contributed by atoms with Gasteiger partial charge in [-0.05, 0) is 12.1 Å². The normalized spacial score (nSPS) is 14.6. The van der Waals surface area contributed by atoms with E-state index in [0.29, 0.717) is 42.6 Å². The Kier molecular flexibility index (Phi) is 5.45. The molecule has 0 radical (unpaired) electrons. The number of ether oxygens (including phenoxy) is 2. The summed E-state index contributed by atoms with van der Waals surface area (Å²) in [5.41, 5.74) is 1.24. The van der Waals surface area contributed by atoms with Gasteiger partial charge in [0.1, 0.15) is 5.75 Å². The average molecular weight is 366 g/mol. The summed E-state index contributed by atoms with van der Waals surface area (Å²) in [5.74, 6) is 0.284. The molecule has 2 N–H and O–H groups in total. The minimum absolute atomic E-state index is 0.0241. The summed E-state index contributed by atoms with van der Waals surface area (Å²) < 4.78 is 10.4. The van der Waals surface area contributed by atoms with Crippen molar-refractivity contribution in [2.45, 2.75) is 6.42 Å². The Labute approximate surface area is 150 Å². The monoisotopic (exact) mass is 365 g/mol. The molecule has 1 fully saturated rings. The van der Waals surface area contributed by atoms with Gasteiger partial charge in [0.25, 0.3) is 5.91 Å². The lowest BCUT2D eigenvalue weighted by atomic mass is 10.1. The molecule has 134 valence electrons. The maximum atomic E-state index is 12.4. The molecule has 1 aliphatic heterocycles. The third kappa shape index (κ3) is 3.88. The van der Waals surface area contributed by atoms with Crippen LogP contribution in [0.2, 0.25) is 5.02 Å². The van der Waals surface area contributed by atoms with Crippen LogP contribution < -0.4 is 10.1 Å². The van der Waals surface area contributed by atoms with Crippen molar-refractivity contribution in [1.29, 1.82) is 0 Å². The Morgan fingerprint density at radius 1 is 1.36 bits per heavy atom. The summed E-state index contributed by atoms with van der Waals surface area (Å²) >= 11 is 6.09. The average Bonchev–Trinajstić information content (AvgIpc) is 3.04. The molecule has 1 saturated heterocycles. The van der Waals surface area contributed by atoms with Gasteiger partial charge in [-0.15, -0.1) is 0 Å². The van der Waals surface area contributed by atoms with E-state index in [2.05, 4.69) is 10.3 Å². The second kappa shape index (κ2) is 7.76. The van der Waals surface area contributed by atoms with Crippen LogP contribution in [-0.4, -0.2) is 61.7 Å². The molecular weight excluding hydrogens is 346 g/mol. The highest BCUT2D eigenvalue weighted by molar-refractivity contribution is 6.33. The number of nitrogens with zero attached hydrogens (tertiary/aromatic N) is 1. The number of H-pyrrole nitrogens is 1. The van der Waals surface area contributed by atoms with Crippen LogP contribution in [-0.2, 0) is 9.53 Å². The first-order valence-electron chi connectivity index (χ1n) is 8.08. The number of nitrogens with one attached hydrogen (secondary N) is 2. The highest BCUT2D eigenvalue weighted by atomic mass is 35.5. The molecule has 0 spiro atoms. The summed E-state index contributed by atoms with van der Waals surface area (Å²) in [5, 5.41) is 3.98. The summed E-state index contributed by atoms with van der Waals surface area (Å²) in [6.07, 6.45) is 1.89. The standard InChI is InChI=1S/C17H20ClN3O4/c1-24-15-8-11-12(10-20-14(11)9-13(15)18)17(23)19-3-2-16(22)21-4-6-25-7-5-21/h8-10,20H,2-7H2,1H3,(H,19,23). The zero-order chi connectivity index (χ0) is 17.8. The van der Waals surface area contributed by atoms with Crippen LogP contribution >= 0.6 is 11.6 Å². The number of morpholine rings is 1. The SMILES string of the molecule is COc1cc2c(C(=O)NCCC(=O)N3CCOCC3)c[nH]c2cc1Cl. The van der Waals surface area contributed by atoms with Crippen LogP contribution in [0.5, 0.6) is 5.75 Å². The minimum Gasteiger partial charge on any atom is -0.495 e. The molecule has 0 atom stereocenters. The third-order valence-corrected chi connectivity index (χ3v) is 4.48. The van der Waals surface area contributed by atoms with Crippen molar-refractivity contribution in [3.8, 4) is 5.75 Å². The van der Waals surface area contributed by atoms with Crippen molar-refractivity contribution in [1.82, 2.24) is 15.2 Å². The number of halogens is 1. The lowest BCUT2D eigenvalue weighted by molar-refractivity contribution is -0.135. The maximum Gasteiger partial charge on any atom is 0.253 e. The van der Waals surface area contributed by atoms with Gasteiger partial charge in [0.15, 0.2) is 0 Å². The van der Waals surface area contributed by atoms with Gasteiger partial charge in [0, 0.05) is 43.2 Å². The number of aromatic amines is 1. The third-order valence-electron chi connectivity index (χ3n) is 4.19. The number of carbonyl (C=O) groups is 2. The number of benzene rings is 1. The van der Waals surface area contributed by atoms with Gasteiger partial charge < -0.3 is 24.7 Å². The molecule has 2 amide bonds. The zero-order valence-electron chi connectivity index (χ0n) is 13.9. The molecule has 0 unspecified atom stereocenters. The fourth-order valence-electron chi connectivity index (χ4n) is 2.82. The summed E-state index contributed by atoms with van der Waals surface area (Å²) in [7, 11) is 1.52. The van der Waals surface area contributed by atoms with Crippen molar-refractivity contribution >= 4 is 34.3 Å². The minimum atomic E-state index is -0.245. The van der Waals surface area contributed by atoms with E-state index in [0.717, 1.165) is 10.9 Å². The van der Waals surface area contributed by atoms with Gasteiger partial charge in [-0.3, -0.25) is 9.59 Å². The van der Waals surface area contributed by atoms with Gasteiger partial charge in [-0.25, -0.2) is 0 Å². The quantitative estimate of drug-likeness (QED) is 0.846. The maximum absolute atomic E-state index is 12.4. The number of fused-ring (bicyclic) bond motifs is 1. The lowest BCUT2D eigenvalue weighted by Gasteiger charge is -2.26. The lowest BCUT2D eigenvalue weighted by Crippen LogP contribution is -2.42. The molecule has 25 heavy (non-hydrogen) atoms. The second-order valence-electron chi connectivity index (χ2n) is 5.73. The van der Waals surface area contributed by atoms with Crippen molar-refractivity contribution in [2.24, 2.45) is 0 Å². The van der Waals surface area contributed by atoms with Crippen molar-refractivity contribution < 1.29 is 19.1 Å². The van der Waals surface area contributed by atoms with Gasteiger partial charge in [0.2, 0.25) is 5.91 Å². The Morgan fingerprint density at radius 2 is 2.12 bits per heavy atom. The van der Waals surface area contributed by atoms with E-state index in [1.807, 2.05) is 0 Å². The predicted octanol–water partition coefficient (Wildman–Crippen LogP) is 1.81. The first-order chi connectivity index (χ1) is 12.1. The smallest absolute Gasteiger partial charge is 0.253 e. The molecule has 8 heteroatoms. The first kappa shape index (κ1) is 17.6. The van der Waals surface area contributed by atoms with Gasteiger partial charge >= 0.3 is 0 Å². The summed E-state index contributed by atoms with van der Waals surface area (Å²) in [6, 6.07) is 3.44. The van der Waals surface area contributed by atoms with Gasteiger partial charge in [-0.2, -0.15) is 0 Å². The molecule has 1 aromatic carbocycles. The summed E-state index contributed by atoms with van der Waals surface area (Å²) in [4.78, 5) is 29.3. The summed E-state index contributed by atoms with van der Waals surface area (Å²) in [6.45, 7) is 2.63. The fourth-order valence-corrected chi connectivity index (χ4v) is 3.06. The number of hydrogen-bond donors (Lipinski definition) is 2. The van der Waals surface area contributed by atoms with E-state index in [9.17, 15) is 9.59 Å². The number of hydrogen-bond acceptors (Lipinski definition) is 4. The number of carbonyl (C=O) groups excluding carboxylic acids is 2. The number of amides is 2. The molecule has 0 aliphatic carbocycles. The molecule has 3 rings (SSSR count). The highest BCUT2D eigenvalue weighted by Crippen LogP contribution is 2.31. The zero-order valence-corrected chi connectivity index (χ0v) is 14.7. The molecule has 1 aliphatic rings. The topological polar surface area (TPSA) is 83.7 Å². The van der Waals surface area contributed by atoms with Crippen molar-refractivity contribution in [3.63, 3.8) is 0 Å². The molecule has 0 saturated carbocycles. The fraction of sp³-hybridized carbons (Fsp3) is 0.412. The Hall–Kier alpha value is -2.25. The van der Waals surface area contributed by atoms with Gasteiger partial charge in [-0.1, -0.05) is 11.6 Å². The molecule has 2 heterocycles. The number of aromatic nitrogens is 1. The Bertz CT molecular complexity index is 784. The van der Waals surface area contributed by atoms with Crippen LogP contribution in [0, 0.1) is 0 Å². The van der Waals surface area contributed by atoms with Crippen molar-refractivity contribution in [2.75, 3.05) is 40.0 Å². The number of rotatable bonds is 5. The van der Waals surface area contributed by atoms with E-state index in [4.69, 9.17) is 21.1 Å². The van der Waals surface area contributed by atoms with Crippen LogP contribution in [0.4, 0.5) is 0 Å². The van der Waals surface area contributed by atoms with E-state index >= 15 is 0 Å². The molecule has 2 aromatic rings. The molecular formula is C17H20ClN3O4. The van der Waals surface area contributed by atoms with Crippen molar-refractivity contribution in [3.05, 3.63) is 28.9 Å². The molecule has 1 aromatic heterocycles. The first-order valence-corrected chi connectivity index (χ1v) is 8.46. The Morgan fingerprint density at radius 3 is 2.84 bits per heavy atom. The van der Waals surface area contributed by atoms with Gasteiger partial charge in [0.05, 0.1) is 30.9 Å². The molecule has 0 bridgehead atoms. The molecule has 7 nitrogen and oxygen atoms in total. The van der Waals surface area contributed by atoms with E-state index in [1.165, 1.54) is 7.11 Å². The van der Waals surface area contributed by atoms with Crippen LogP contribution in [0.3, 0.4) is 0 Å². The van der Waals surface area contributed by atoms with Crippen LogP contribution in [0.25, 0.3) is 10.9 Å². The van der Waals surface area contributed by atoms with Crippen LogP contribution in [0.15, 0.2) is 18.3 Å². The van der Waals surface area contributed by atoms with E-state index in [-0.39, 0.29) is 24.8 Å². The Balaban J connectivity index is 1.61. The second-order valence-corrected chi connectivity index (χ2v) is 6.14. The van der Waals surface area contributed by atoms with E-state index < -0.39 is 0 Å². The van der Waals surface area contributed by atoms with E-state index in [1.54, 1.807) is 23.2 Å². The highest BCUT2D eigenvalue weighted by Gasteiger charge is 2.18. The predicted molar refractivity (Wildman–Crippen MR) is 94.2 cm³/mol. The van der Waals surface area contributed by atoms with Crippen LogP contribution in [0.1, 0.15) is 16.8 Å². The number of methoxy groups -OCH3 is 1. The largest absolute Gasteiger partial charge is 0.495 e.